The van der Waals surface area contributed by atoms with Gasteiger partial charge in [-0.15, -0.1) is 0 Å². The summed E-state index contributed by atoms with van der Waals surface area (Å²) in [5.41, 5.74) is -0.520. The lowest BCUT2D eigenvalue weighted by molar-refractivity contribution is -0.145. The fourth-order valence-electron chi connectivity index (χ4n) is 6.04. The smallest absolute Gasteiger partial charge is 0.435 e. The van der Waals surface area contributed by atoms with Crippen LogP contribution in [0.3, 0.4) is 0 Å². The largest absolute Gasteiger partial charge is 0.469 e. The van der Waals surface area contributed by atoms with Gasteiger partial charge in [0.15, 0.2) is 5.69 Å². The van der Waals surface area contributed by atoms with E-state index in [0.29, 0.717) is 24.9 Å². The molecule has 2 aromatic rings. The van der Waals surface area contributed by atoms with E-state index in [2.05, 4.69) is 10.00 Å². The van der Waals surface area contributed by atoms with E-state index in [4.69, 9.17) is 16.3 Å². The first-order valence-corrected chi connectivity index (χ1v) is 12.6. The number of methoxy groups -OCH3 is 1. The van der Waals surface area contributed by atoms with Gasteiger partial charge in [-0.05, 0) is 43.2 Å². The molecule has 2 aliphatic heterocycles. The number of carbonyl (C=O) groups excluding carboxylic acids is 2. The summed E-state index contributed by atoms with van der Waals surface area (Å²) in [5, 5.41) is 3.98. The molecule has 2 unspecified atom stereocenters. The molecule has 2 atom stereocenters. The lowest BCUT2D eigenvalue weighted by Gasteiger charge is -2.30. The molecule has 1 aliphatic carbocycles. The number of halogens is 5. The van der Waals surface area contributed by atoms with E-state index in [1.807, 2.05) is 0 Å². The second-order valence-electron chi connectivity index (χ2n) is 10.1. The average Bonchev–Trinajstić information content (AvgIpc) is 3.51. The number of likely N-dealkylation sites (tertiary alicyclic amines) is 1. The van der Waals surface area contributed by atoms with Crippen LogP contribution in [0.15, 0.2) is 18.2 Å². The summed E-state index contributed by atoms with van der Waals surface area (Å²) in [4.78, 5) is 28.6. The van der Waals surface area contributed by atoms with Gasteiger partial charge in [0, 0.05) is 35.8 Å². The molecule has 37 heavy (non-hydrogen) atoms. The zero-order valence-electron chi connectivity index (χ0n) is 20.2. The number of alkyl halides is 3. The number of fused-ring (bicyclic) bond motifs is 2. The Hall–Kier alpha value is -2.66. The van der Waals surface area contributed by atoms with Gasteiger partial charge in [-0.3, -0.25) is 19.2 Å². The number of amides is 1. The van der Waals surface area contributed by atoms with Crippen molar-refractivity contribution in [2.24, 2.45) is 17.8 Å². The van der Waals surface area contributed by atoms with E-state index >= 15 is 0 Å². The predicted molar refractivity (Wildman–Crippen MR) is 125 cm³/mol. The first-order valence-electron chi connectivity index (χ1n) is 12.2. The lowest BCUT2D eigenvalue weighted by Crippen LogP contribution is -2.43. The molecule has 1 aromatic carbocycles. The molecular weight excluding hydrogens is 516 g/mol. The molecule has 1 aromatic heterocycles. The van der Waals surface area contributed by atoms with E-state index in [9.17, 15) is 27.2 Å². The van der Waals surface area contributed by atoms with Gasteiger partial charge in [0.1, 0.15) is 5.82 Å². The maximum absolute atomic E-state index is 14.4. The van der Waals surface area contributed by atoms with Gasteiger partial charge in [0.05, 0.1) is 38.4 Å². The minimum absolute atomic E-state index is 0.0189. The second-order valence-corrected chi connectivity index (χ2v) is 10.6. The topological polar surface area (TPSA) is 67.7 Å². The predicted octanol–water partition coefficient (Wildman–Crippen LogP) is 3.76. The summed E-state index contributed by atoms with van der Waals surface area (Å²) >= 11 is 5.80. The molecule has 5 rings (SSSR count). The van der Waals surface area contributed by atoms with E-state index in [1.165, 1.54) is 19.2 Å². The summed E-state index contributed by atoms with van der Waals surface area (Å²) in [7, 11) is 1.39. The molecule has 1 saturated carbocycles. The molecule has 0 radical (unpaired) electrons. The zero-order valence-corrected chi connectivity index (χ0v) is 21.0. The number of hydrogen-bond acceptors (Lipinski definition) is 5. The van der Waals surface area contributed by atoms with Gasteiger partial charge in [-0.25, -0.2) is 4.39 Å². The van der Waals surface area contributed by atoms with Gasteiger partial charge < -0.3 is 9.64 Å². The standard InChI is InChI=1S/C25H27ClF4N4O3/c1-37-24(36)15-6-16-9-32(10-17(16)7-15)13-22(35)33-5-4-19-21(12-33)34(31-23(19)25(28,29)30)11-14-2-3-18(26)8-20(14)27/h2-3,8,15-17H,4-7,9-13H2,1H3. The van der Waals surface area contributed by atoms with Gasteiger partial charge >= 0.3 is 12.1 Å². The van der Waals surface area contributed by atoms with Crippen LogP contribution in [-0.4, -0.2) is 64.7 Å². The Balaban J connectivity index is 1.29. The fraction of sp³-hybridized carbons (Fsp3) is 0.560. The number of esters is 1. The lowest BCUT2D eigenvalue weighted by atomic mass is 10.0. The Kier molecular flexibility index (Phi) is 6.95. The van der Waals surface area contributed by atoms with Crippen LogP contribution in [0.2, 0.25) is 5.02 Å². The molecule has 1 amide bonds. The van der Waals surface area contributed by atoms with Crippen LogP contribution in [0, 0.1) is 23.6 Å². The molecule has 1 saturated heterocycles. The van der Waals surface area contributed by atoms with Crippen molar-refractivity contribution in [3.63, 3.8) is 0 Å². The molecule has 0 N–H and O–H groups in total. The molecule has 7 nitrogen and oxygen atoms in total. The highest BCUT2D eigenvalue weighted by atomic mass is 35.5. The van der Waals surface area contributed by atoms with E-state index in [0.717, 1.165) is 23.6 Å². The number of ether oxygens (including phenoxy) is 1. The first-order chi connectivity index (χ1) is 17.5. The number of nitrogens with zero attached hydrogens (tertiary/aromatic N) is 4. The Morgan fingerprint density at radius 3 is 2.51 bits per heavy atom. The van der Waals surface area contributed by atoms with E-state index in [1.54, 1.807) is 4.90 Å². The Bertz CT molecular complexity index is 1200. The van der Waals surface area contributed by atoms with Gasteiger partial charge in [-0.1, -0.05) is 17.7 Å². The molecule has 2 fully saturated rings. The number of aromatic nitrogens is 2. The van der Waals surface area contributed by atoms with Crippen molar-refractivity contribution in [1.82, 2.24) is 19.6 Å². The van der Waals surface area contributed by atoms with Crippen LogP contribution in [0.25, 0.3) is 0 Å². The van der Waals surface area contributed by atoms with Crippen molar-refractivity contribution in [3.05, 3.63) is 51.6 Å². The minimum atomic E-state index is -4.66. The molecule has 0 bridgehead atoms. The quantitative estimate of drug-likeness (QED) is 0.425. The fourth-order valence-corrected chi connectivity index (χ4v) is 6.20. The number of carbonyl (C=O) groups is 2. The van der Waals surface area contributed by atoms with Crippen molar-refractivity contribution in [2.45, 2.75) is 38.5 Å². The van der Waals surface area contributed by atoms with Crippen LogP contribution >= 0.6 is 11.6 Å². The van der Waals surface area contributed by atoms with Crippen LogP contribution in [0.1, 0.15) is 35.4 Å². The average molecular weight is 543 g/mol. The SMILES string of the molecule is COC(=O)C1CC2CN(CC(=O)N3CCc4c(C(F)(F)F)nn(Cc5ccc(Cl)cc5F)c4C3)CC2C1. The van der Waals surface area contributed by atoms with Crippen molar-refractivity contribution in [3.8, 4) is 0 Å². The summed E-state index contributed by atoms with van der Waals surface area (Å²) in [6.45, 7) is 1.49. The Morgan fingerprint density at radius 1 is 1.19 bits per heavy atom. The highest BCUT2D eigenvalue weighted by Crippen LogP contribution is 2.42. The molecule has 12 heteroatoms. The zero-order chi connectivity index (χ0) is 26.5. The number of benzene rings is 1. The second kappa shape index (κ2) is 9.90. The molecule has 0 spiro atoms. The molecule has 3 heterocycles. The Morgan fingerprint density at radius 2 is 1.89 bits per heavy atom. The number of rotatable bonds is 5. The molecule has 3 aliphatic rings. The molecule has 200 valence electrons. The minimum Gasteiger partial charge on any atom is -0.469 e. The maximum atomic E-state index is 14.4. The van der Waals surface area contributed by atoms with Crippen molar-refractivity contribution in [2.75, 3.05) is 33.3 Å². The maximum Gasteiger partial charge on any atom is 0.435 e. The first kappa shape index (κ1) is 26.0. The third kappa shape index (κ3) is 5.20. The van der Waals surface area contributed by atoms with Crippen molar-refractivity contribution < 1.29 is 31.9 Å². The van der Waals surface area contributed by atoms with Crippen LogP contribution < -0.4 is 0 Å². The third-order valence-electron chi connectivity index (χ3n) is 7.82. The van der Waals surface area contributed by atoms with Gasteiger partial charge in [0.25, 0.3) is 0 Å². The van der Waals surface area contributed by atoms with Crippen LogP contribution in [-0.2, 0) is 40.0 Å². The number of hydrogen-bond donors (Lipinski definition) is 0. The highest BCUT2D eigenvalue weighted by Gasteiger charge is 2.45. The van der Waals surface area contributed by atoms with Crippen molar-refractivity contribution in [1.29, 1.82) is 0 Å². The highest BCUT2D eigenvalue weighted by molar-refractivity contribution is 6.30. The summed E-state index contributed by atoms with van der Waals surface area (Å²) < 4.78 is 61.5. The van der Waals surface area contributed by atoms with Crippen LogP contribution in [0.4, 0.5) is 17.6 Å². The summed E-state index contributed by atoms with van der Waals surface area (Å²) in [5.74, 6) is -0.427. The summed E-state index contributed by atoms with van der Waals surface area (Å²) in [6.07, 6.45) is -3.15. The van der Waals surface area contributed by atoms with E-state index < -0.39 is 17.7 Å². The summed E-state index contributed by atoms with van der Waals surface area (Å²) in [6, 6.07) is 3.99. The van der Waals surface area contributed by atoms with Crippen LogP contribution in [0.5, 0.6) is 0 Å². The van der Waals surface area contributed by atoms with Gasteiger partial charge in [-0.2, -0.15) is 18.3 Å². The van der Waals surface area contributed by atoms with Gasteiger partial charge in [0.2, 0.25) is 5.91 Å². The third-order valence-corrected chi connectivity index (χ3v) is 8.05. The normalized spacial score (nSPS) is 23.7. The Labute approximate surface area is 216 Å². The molecular formula is C25H27ClF4N4O3. The van der Waals surface area contributed by atoms with Crippen molar-refractivity contribution >= 4 is 23.5 Å². The monoisotopic (exact) mass is 542 g/mol. The van der Waals surface area contributed by atoms with E-state index in [-0.39, 0.29) is 72.2 Å².